The molecule has 1 aromatic heterocycles. The topological polar surface area (TPSA) is 80.8 Å². The molecule has 1 atom stereocenters. The molecule has 2 aromatic rings. The van der Waals surface area contributed by atoms with Crippen LogP contribution in [0.4, 0.5) is 11.5 Å². The van der Waals surface area contributed by atoms with Crippen molar-refractivity contribution in [3.05, 3.63) is 42.6 Å². The van der Waals surface area contributed by atoms with E-state index in [9.17, 15) is 9.59 Å². The van der Waals surface area contributed by atoms with Gasteiger partial charge in [-0.25, -0.2) is 4.98 Å². The third-order valence-corrected chi connectivity index (χ3v) is 4.29. The molecule has 1 unspecified atom stereocenters. The van der Waals surface area contributed by atoms with Crippen molar-refractivity contribution in [3.8, 4) is 11.5 Å². The number of rotatable bonds is 5. The van der Waals surface area contributed by atoms with Crippen LogP contribution in [0.15, 0.2) is 42.6 Å². The zero-order valence-electron chi connectivity index (χ0n) is 15.9. The van der Waals surface area contributed by atoms with Gasteiger partial charge in [-0.2, -0.15) is 0 Å². The molecule has 7 heteroatoms. The summed E-state index contributed by atoms with van der Waals surface area (Å²) >= 11 is 0. The Labute approximate surface area is 158 Å². The van der Waals surface area contributed by atoms with Gasteiger partial charge in [0.1, 0.15) is 5.75 Å². The van der Waals surface area contributed by atoms with E-state index in [0.717, 1.165) is 0 Å². The van der Waals surface area contributed by atoms with E-state index in [0.29, 0.717) is 29.6 Å². The summed E-state index contributed by atoms with van der Waals surface area (Å²) in [5.74, 6) is 0.528. The van der Waals surface area contributed by atoms with Gasteiger partial charge in [-0.3, -0.25) is 14.5 Å². The van der Waals surface area contributed by atoms with E-state index in [1.165, 1.54) is 11.8 Å². The molecule has 1 aromatic carbocycles. The van der Waals surface area contributed by atoms with E-state index < -0.39 is 17.4 Å². The van der Waals surface area contributed by atoms with Gasteiger partial charge in [0.15, 0.2) is 11.6 Å². The third kappa shape index (κ3) is 3.45. The van der Waals surface area contributed by atoms with Gasteiger partial charge in [-0.1, -0.05) is 0 Å². The minimum atomic E-state index is -1.70. The maximum atomic E-state index is 13.1. The minimum absolute atomic E-state index is 0.173. The summed E-state index contributed by atoms with van der Waals surface area (Å²) < 4.78 is 11.2. The van der Waals surface area contributed by atoms with Crippen molar-refractivity contribution in [2.45, 2.75) is 39.3 Å². The lowest BCUT2D eigenvalue weighted by Gasteiger charge is -2.40. The Morgan fingerprint density at radius 2 is 2.00 bits per heavy atom. The molecule has 142 valence electrons. The highest BCUT2D eigenvalue weighted by Crippen LogP contribution is 2.37. The van der Waals surface area contributed by atoms with Crippen LogP contribution in [0.25, 0.3) is 0 Å². The molecule has 0 aliphatic carbocycles. The third-order valence-electron chi connectivity index (χ3n) is 4.29. The number of carbonyl (C=O) groups excluding carboxylic acids is 2. The van der Waals surface area contributed by atoms with Crippen LogP contribution >= 0.6 is 0 Å². The Bertz CT molecular complexity index is 851. The van der Waals surface area contributed by atoms with Crippen LogP contribution in [0.1, 0.15) is 27.7 Å². The number of amides is 2. The van der Waals surface area contributed by atoms with E-state index in [1.807, 2.05) is 20.8 Å². The summed E-state index contributed by atoms with van der Waals surface area (Å²) in [7, 11) is 0. The van der Waals surface area contributed by atoms with E-state index in [4.69, 9.17) is 9.47 Å². The van der Waals surface area contributed by atoms with Gasteiger partial charge in [0.05, 0.1) is 6.61 Å². The Hall–Kier alpha value is -3.09. The first-order chi connectivity index (χ1) is 12.9. The highest BCUT2D eigenvalue weighted by molar-refractivity contribution is 6.19. The SMILES string of the molecule is CCOc1ccc(NC(=O)C2(C)Oc3cccnc3N(C(C)C)C2=O)cc1. The van der Waals surface area contributed by atoms with Crippen LogP contribution in [0.2, 0.25) is 0 Å². The number of fused-ring (bicyclic) bond motifs is 1. The Balaban J connectivity index is 1.88. The van der Waals surface area contributed by atoms with Gasteiger partial charge in [0.25, 0.3) is 17.4 Å². The van der Waals surface area contributed by atoms with Crippen molar-refractivity contribution in [2.24, 2.45) is 0 Å². The van der Waals surface area contributed by atoms with Crippen molar-refractivity contribution in [3.63, 3.8) is 0 Å². The summed E-state index contributed by atoms with van der Waals surface area (Å²) in [6.07, 6.45) is 1.59. The number of benzene rings is 1. The number of carbonyl (C=O) groups is 2. The number of anilines is 2. The first-order valence-electron chi connectivity index (χ1n) is 8.89. The normalized spacial score (nSPS) is 18.7. The minimum Gasteiger partial charge on any atom is -0.494 e. The van der Waals surface area contributed by atoms with Gasteiger partial charge in [-0.05, 0) is 64.1 Å². The molecule has 27 heavy (non-hydrogen) atoms. The quantitative estimate of drug-likeness (QED) is 0.820. The van der Waals surface area contributed by atoms with E-state index in [-0.39, 0.29) is 6.04 Å². The van der Waals surface area contributed by atoms with Crippen molar-refractivity contribution >= 4 is 23.3 Å². The molecule has 1 aliphatic heterocycles. The fourth-order valence-electron chi connectivity index (χ4n) is 2.91. The smallest absolute Gasteiger partial charge is 0.282 e. The number of nitrogens with one attached hydrogen (secondary N) is 1. The second kappa shape index (κ2) is 7.26. The molecule has 3 rings (SSSR count). The largest absolute Gasteiger partial charge is 0.494 e. The number of ether oxygens (including phenoxy) is 2. The van der Waals surface area contributed by atoms with Crippen LogP contribution in [0.5, 0.6) is 11.5 Å². The van der Waals surface area contributed by atoms with E-state index >= 15 is 0 Å². The predicted octanol–water partition coefficient (Wildman–Crippen LogP) is 3.01. The lowest BCUT2D eigenvalue weighted by Crippen LogP contribution is -2.62. The molecule has 0 saturated carbocycles. The van der Waals surface area contributed by atoms with Crippen molar-refractivity contribution in [1.82, 2.24) is 4.98 Å². The molecular weight excluding hydrogens is 346 g/mol. The molecule has 0 fully saturated rings. The van der Waals surface area contributed by atoms with Gasteiger partial charge in [0, 0.05) is 17.9 Å². The van der Waals surface area contributed by atoms with Crippen LogP contribution in [-0.2, 0) is 9.59 Å². The first-order valence-corrected chi connectivity index (χ1v) is 8.89. The van der Waals surface area contributed by atoms with Crippen molar-refractivity contribution < 1.29 is 19.1 Å². The van der Waals surface area contributed by atoms with Crippen LogP contribution < -0.4 is 19.7 Å². The molecule has 0 saturated heterocycles. The molecule has 2 amide bonds. The number of nitrogens with zero attached hydrogens (tertiary/aromatic N) is 2. The Kier molecular flexibility index (Phi) is 5.03. The van der Waals surface area contributed by atoms with Gasteiger partial charge in [0.2, 0.25) is 0 Å². The maximum Gasteiger partial charge on any atom is 0.282 e. The second-order valence-electron chi connectivity index (χ2n) is 6.64. The van der Waals surface area contributed by atoms with Gasteiger partial charge < -0.3 is 14.8 Å². The van der Waals surface area contributed by atoms with E-state index in [2.05, 4.69) is 10.3 Å². The lowest BCUT2D eigenvalue weighted by molar-refractivity contribution is -0.145. The van der Waals surface area contributed by atoms with Crippen molar-refractivity contribution in [1.29, 1.82) is 0 Å². The zero-order valence-corrected chi connectivity index (χ0v) is 15.9. The zero-order chi connectivity index (χ0) is 19.6. The number of hydrogen-bond acceptors (Lipinski definition) is 5. The Morgan fingerprint density at radius 1 is 1.30 bits per heavy atom. The predicted molar refractivity (Wildman–Crippen MR) is 102 cm³/mol. The molecule has 2 heterocycles. The molecule has 0 radical (unpaired) electrons. The van der Waals surface area contributed by atoms with Gasteiger partial charge in [-0.15, -0.1) is 0 Å². The second-order valence-corrected chi connectivity index (χ2v) is 6.64. The van der Waals surface area contributed by atoms with Gasteiger partial charge >= 0.3 is 0 Å². The van der Waals surface area contributed by atoms with Crippen LogP contribution in [0.3, 0.4) is 0 Å². The number of pyridine rings is 1. The number of aromatic nitrogens is 1. The average molecular weight is 369 g/mol. The summed E-state index contributed by atoms with van der Waals surface area (Å²) in [4.78, 5) is 31.8. The molecule has 0 spiro atoms. The summed E-state index contributed by atoms with van der Waals surface area (Å²) in [5.41, 5.74) is -1.15. The Morgan fingerprint density at radius 3 is 2.63 bits per heavy atom. The summed E-state index contributed by atoms with van der Waals surface area (Å²) in [6.45, 7) is 7.67. The highest BCUT2D eigenvalue weighted by Gasteiger charge is 2.51. The molecule has 1 N–H and O–H groups in total. The fraction of sp³-hybridized carbons (Fsp3) is 0.350. The standard InChI is InChI=1S/C20H23N3O4/c1-5-26-15-10-8-14(9-11-15)22-18(24)20(4)19(25)23(13(2)3)17-16(27-20)7-6-12-21-17/h6-13H,5H2,1-4H3,(H,22,24). The van der Waals surface area contributed by atoms with Crippen LogP contribution in [-0.4, -0.2) is 35.0 Å². The summed E-state index contributed by atoms with van der Waals surface area (Å²) in [5, 5.41) is 2.75. The highest BCUT2D eigenvalue weighted by atomic mass is 16.5. The van der Waals surface area contributed by atoms with Crippen molar-refractivity contribution in [2.75, 3.05) is 16.8 Å². The molecule has 7 nitrogen and oxygen atoms in total. The van der Waals surface area contributed by atoms with Crippen LogP contribution in [0, 0.1) is 0 Å². The number of hydrogen-bond donors (Lipinski definition) is 1. The average Bonchev–Trinajstić information content (AvgIpc) is 2.64. The van der Waals surface area contributed by atoms with E-state index in [1.54, 1.807) is 42.6 Å². The lowest BCUT2D eigenvalue weighted by atomic mass is 9.99. The molecule has 1 aliphatic rings. The monoisotopic (exact) mass is 369 g/mol. The first kappa shape index (κ1) is 18.7. The summed E-state index contributed by atoms with van der Waals surface area (Å²) in [6, 6.07) is 10.2. The molecular formula is C20H23N3O4. The fourth-order valence-corrected chi connectivity index (χ4v) is 2.91. The molecule has 0 bridgehead atoms. The maximum absolute atomic E-state index is 13.1.